The van der Waals surface area contributed by atoms with Crippen LogP contribution in [0.5, 0.6) is 0 Å². The van der Waals surface area contributed by atoms with E-state index in [-0.39, 0.29) is 29.6 Å². The highest BCUT2D eigenvalue weighted by Gasteiger charge is 2.36. The number of aliphatic hydroxyl groups is 1. The number of anilines is 1. The molecular weight excluding hydrogens is 490 g/mol. The smallest absolute Gasteiger partial charge is 0.266 e. The number of nitrogens with two attached hydrogens (primary N) is 1. The standard InChI is InChI=1S/C28H31N3O5S/c1-19(2)17-30(18-26(32)25(29)16-20-8-4-3-5-9-20)37(35,36)22-14-12-21(13-15-22)31-27(33)23-10-6-7-11-24(23)28(31)34/h3-15,19,25-26,32H,16-18,29H2,1-2H3/t25-,26+/m0/s1. The topological polar surface area (TPSA) is 121 Å². The zero-order valence-electron chi connectivity index (χ0n) is 20.8. The number of hydrogen-bond acceptors (Lipinski definition) is 6. The zero-order valence-corrected chi connectivity index (χ0v) is 21.6. The number of rotatable bonds is 10. The number of nitrogens with zero attached hydrogens (tertiary/aromatic N) is 2. The van der Waals surface area contributed by atoms with Gasteiger partial charge in [-0.3, -0.25) is 9.59 Å². The predicted octanol–water partition coefficient (Wildman–Crippen LogP) is 3.06. The summed E-state index contributed by atoms with van der Waals surface area (Å²) in [6.07, 6.45) is -0.668. The molecule has 2 atom stereocenters. The molecule has 0 radical (unpaired) electrons. The molecule has 0 aliphatic carbocycles. The molecule has 3 N–H and O–H groups in total. The van der Waals surface area contributed by atoms with Crippen LogP contribution in [0.2, 0.25) is 0 Å². The Hall–Kier alpha value is -3.37. The summed E-state index contributed by atoms with van der Waals surface area (Å²) >= 11 is 0. The highest BCUT2D eigenvalue weighted by Crippen LogP contribution is 2.29. The van der Waals surface area contributed by atoms with Crippen LogP contribution in [0.15, 0.2) is 83.8 Å². The molecule has 0 aromatic heterocycles. The number of amides is 2. The normalized spacial score (nSPS) is 15.4. The number of imide groups is 1. The summed E-state index contributed by atoms with van der Waals surface area (Å²) in [7, 11) is -3.99. The van der Waals surface area contributed by atoms with Crippen LogP contribution < -0.4 is 10.6 Å². The first kappa shape index (κ1) is 26.7. The zero-order chi connectivity index (χ0) is 26.7. The van der Waals surface area contributed by atoms with E-state index in [0.717, 1.165) is 10.5 Å². The molecule has 0 spiro atoms. The third kappa shape index (κ3) is 5.65. The lowest BCUT2D eigenvalue weighted by molar-refractivity contribution is 0.0926. The fourth-order valence-corrected chi connectivity index (χ4v) is 6.01. The van der Waals surface area contributed by atoms with Gasteiger partial charge in [-0.05, 0) is 54.3 Å². The maximum absolute atomic E-state index is 13.6. The second-order valence-electron chi connectivity index (χ2n) is 9.62. The first-order valence-electron chi connectivity index (χ1n) is 12.1. The first-order chi connectivity index (χ1) is 17.6. The highest BCUT2D eigenvalue weighted by atomic mass is 32.2. The molecule has 9 heteroatoms. The Balaban J connectivity index is 1.53. The van der Waals surface area contributed by atoms with Crippen LogP contribution >= 0.6 is 0 Å². The summed E-state index contributed by atoms with van der Waals surface area (Å²) in [4.78, 5) is 26.6. The van der Waals surface area contributed by atoms with Crippen molar-refractivity contribution in [3.8, 4) is 0 Å². The molecule has 37 heavy (non-hydrogen) atoms. The van der Waals surface area contributed by atoms with E-state index in [0.29, 0.717) is 17.5 Å². The number of benzene rings is 3. The second kappa shape index (κ2) is 10.9. The summed E-state index contributed by atoms with van der Waals surface area (Å²) in [5.74, 6) is -0.897. The molecular formula is C28H31N3O5S. The van der Waals surface area contributed by atoms with Gasteiger partial charge in [0.2, 0.25) is 10.0 Å². The minimum atomic E-state index is -3.99. The quantitative estimate of drug-likeness (QED) is 0.396. The molecule has 0 saturated heterocycles. The van der Waals surface area contributed by atoms with Crippen molar-refractivity contribution in [2.45, 2.75) is 37.3 Å². The SMILES string of the molecule is CC(C)CN(C[C@@H](O)[C@@H](N)Cc1ccccc1)S(=O)(=O)c1ccc(N2C(=O)c3ccccc3C2=O)cc1. The number of sulfonamides is 1. The lowest BCUT2D eigenvalue weighted by Crippen LogP contribution is -2.47. The van der Waals surface area contributed by atoms with Crippen LogP contribution in [0, 0.1) is 5.92 Å². The monoisotopic (exact) mass is 521 g/mol. The maximum atomic E-state index is 13.6. The van der Waals surface area contributed by atoms with Crippen molar-refractivity contribution in [3.63, 3.8) is 0 Å². The molecule has 0 unspecified atom stereocenters. The summed E-state index contributed by atoms with van der Waals surface area (Å²) in [5, 5.41) is 10.8. The van der Waals surface area contributed by atoms with E-state index in [1.54, 1.807) is 24.3 Å². The minimum absolute atomic E-state index is 0.00246. The summed E-state index contributed by atoms with van der Waals surface area (Å²) in [6, 6.07) is 21.0. The largest absolute Gasteiger partial charge is 0.390 e. The number of carbonyl (C=O) groups is 2. The van der Waals surface area contributed by atoms with Gasteiger partial charge in [0.1, 0.15) is 0 Å². The molecule has 1 aliphatic rings. The lowest BCUT2D eigenvalue weighted by Gasteiger charge is -2.29. The Labute approximate surface area is 217 Å². The Kier molecular flexibility index (Phi) is 7.89. The number of fused-ring (bicyclic) bond motifs is 1. The van der Waals surface area contributed by atoms with Crippen molar-refractivity contribution in [3.05, 3.63) is 95.6 Å². The molecule has 4 rings (SSSR count). The molecule has 1 aliphatic heterocycles. The van der Waals surface area contributed by atoms with Crippen LogP contribution in [0.3, 0.4) is 0 Å². The molecule has 8 nitrogen and oxygen atoms in total. The number of aliphatic hydroxyl groups excluding tert-OH is 1. The van der Waals surface area contributed by atoms with Gasteiger partial charge in [-0.1, -0.05) is 56.3 Å². The number of carbonyl (C=O) groups excluding carboxylic acids is 2. The lowest BCUT2D eigenvalue weighted by atomic mass is 10.0. The van der Waals surface area contributed by atoms with Gasteiger partial charge < -0.3 is 10.8 Å². The molecule has 1 heterocycles. The van der Waals surface area contributed by atoms with Crippen LogP contribution in [0.1, 0.15) is 40.1 Å². The molecule has 2 amide bonds. The molecule has 3 aromatic carbocycles. The van der Waals surface area contributed by atoms with Gasteiger partial charge in [-0.15, -0.1) is 0 Å². The van der Waals surface area contributed by atoms with Gasteiger partial charge in [0, 0.05) is 19.1 Å². The minimum Gasteiger partial charge on any atom is -0.390 e. The third-order valence-corrected chi connectivity index (χ3v) is 8.14. The van der Waals surface area contributed by atoms with E-state index in [2.05, 4.69) is 0 Å². The van der Waals surface area contributed by atoms with E-state index in [9.17, 15) is 23.1 Å². The molecule has 3 aromatic rings. The van der Waals surface area contributed by atoms with E-state index < -0.39 is 34.0 Å². The van der Waals surface area contributed by atoms with E-state index in [1.807, 2.05) is 44.2 Å². The highest BCUT2D eigenvalue weighted by molar-refractivity contribution is 7.89. The van der Waals surface area contributed by atoms with Crippen molar-refractivity contribution in [1.29, 1.82) is 0 Å². The Morgan fingerprint density at radius 1 is 0.838 bits per heavy atom. The van der Waals surface area contributed by atoms with Crippen molar-refractivity contribution >= 4 is 27.5 Å². The van der Waals surface area contributed by atoms with Crippen molar-refractivity contribution < 1.29 is 23.1 Å². The summed E-state index contributed by atoms with van der Waals surface area (Å²) in [5.41, 5.74) is 8.09. The van der Waals surface area contributed by atoms with E-state index in [1.165, 1.54) is 28.6 Å². The first-order valence-corrected chi connectivity index (χ1v) is 13.6. The third-order valence-electron chi connectivity index (χ3n) is 6.29. The molecule has 194 valence electrons. The Morgan fingerprint density at radius 2 is 1.38 bits per heavy atom. The van der Waals surface area contributed by atoms with Crippen molar-refractivity contribution in [2.24, 2.45) is 11.7 Å². The van der Waals surface area contributed by atoms with Crippen LogP contribution in [0.4, 0.5) is 5.69 Å². The van der Waals surface area contributed by atoms with Gasteiger partial charge in [-0.2, -0.15) is 4.31 Å². The van der Waals surface area contributed by atoms with Gasteiger partial charge in [0.25, 0.3) is 11.8 Å². The van der Waals surface area contributed by atoms with Crippen LogP contribution in [0.25, 0.3) is 0 Å². The fraction of sp³-hybridized carbons (Fsp3) is 0.286. The molecule has 0 saturated carbocycles. The van der Waals surface area contributed by atoms with Crippen molar-refractivity contribution in [1.82, 2.24) is 4.31 Å². The predicted molar refractivity (Wildman–Crippen MR) is 142 cm³/mol. The van der Waals surface area contributed by atoms with Crippen LogP contribution in [-0.4, -0.2) is 54.9 Å². The molecule has 0 bridgehead atoms. The Bertz CT molecular complexity index is 1340. The van der Waals surface area contributed by atoms with Gasteiger partial charge in [-0.25, -0.2) is 13.3 Å². The van der Waals surface area contributed by atoms with Gasteiger partial charge in [0.05, 0.1) is 27.8 Å². The average molecular weight is 522 g/mol. The van der Waals surface area contributed by atoms with Crippen molar-refractivity contribution in [2.75, 3.05) is 18.0 Å². The van der Waals surface area contributed by atoms with Crippen LogP contribution in [-0.2, 0) is 16.4 Å². The van der Waals surface area contributed by atoms with E-state index >= 15 is 0 Å². The Morgan fingerprint density at radius 3 is 1.92 bits per heavy atom. The van der Waals surface area contributed by atoms with Gasteiger partial charge >= 0.3 is 0 Å². The van der Waals surface area contributed by atoms with E-state index in [4.69, 9.17) is 5.73 Å². The second-order valence-corrected chi connectivity index (χ2v) is 11.6. The summed E-state index contributed by atoms with van der Waals surface area (Å²) < 4.78 is 28.3. The number of hydrogen-bond donors (Lipinski definition) is 2. The molecule has 0 fully saturated rings. The average Bonchev–Trinajstić information content (AvgIpc) is 3.14. The maximum Gasteiger partial charge on any atom is 0.266 e. The van der Waals surface area contributed by atoms with Gasteiger partial charge in [0.15, 0.2) is 0 Å². The fourth-order valence-electron chi connectivity index (χ4n) is 4.38. The summed E-state index contributed by atoms with van der Waals surface area (Å²) in [6.45, 7) is 3.82.